The maximum absolute atomic E-state index is 13.0. The zero-order valence-electron chi connectivity index (χ0n) is 51.7. The normalized spacial score (nSPS) is 22.3. The van der Waals surface area contributed by atoms with E-state index >= 15 is 0 Å². The van der Waals surface area contributed by atoms with Crippen LogP contribution in [0.3, 0.4) is 0 Å². The predicted molar refractivity (Wildman–Crippen MR) is 348 cm³/mol. The summed E-state index contributed by atoms with van der Waals surface area (Å²) in [6.07, 6.45) is -14.5. The minimum atomic E-state index is -2.50. The fraction of sp³-hybridized carbons (Fsp3) is 0.424. The first-order chi connectivity index (χ1) is 45.0. The summed E-state index contributed by atoms with van der Waals surface area (Å²) in [5.41, 5.74) is 5.10. The molecule has 3 unspecified atom stereocenters. The van der Waals surface area contributed by atoms with Gasteiger partial charge in [-0.05, 0) is 95.1 Å². The molecule has 0 radical (unpaired) electrons. The predicted octanol–water partition coefficient (Wildman–Crippen LogP) is 3.13. The molecule has 0 bridgehead atoms. The van der Waals surface area contributed by atoms with Gasteiger partial charge in [0, 0.05) is 86.6 Å². The molecule has 2 fully saturated rings. The van der Waals surface area contributed by atoms with E-state index in [-0.39, 0.29) is 61.8 Å². The van der Waals surface area contributed by atoms with Crippen molar-refractivity contribution in [1.29, 1.82) is 0 Å². The summed E-state index contributed by atoms with van der Waals surface area (Å²) in [6, 6.07) is 36.1. The Morgan fingerprint density at radius 1 is 0.500 bits per heavy atom. The van der Waals surface area contributed by atoms with Gasteiger partial charge in [0.2, 0.25) is 23.6 Å². The van der Waals surface area contributed by atoms with Crippen molar-refractivity contribution < 1.29 is 98.2 Å². The van der Waals surface area contributed by atoms with Gasteiger partial charge in [0.25, 0.3) is 23.4 Å². The number of carboxylic acids is 2. The summed E-state index contributed by atoms with van der Waals surface area (Å²) in [4.78, 5) is 101. The van der Waals surface area contributed by atoms with E-state index in [1.807, 2.05) is 60.7 Å². The molecule has 5 aromatic rings. The molecule has 28 heteroatoms. The van der Waals surface area contributed by atoms with Crippen molar-refractivity contribution in [2.75, 3.05) is 59.9 Å². The molecule has 0 aromatic heterocycles. The van der Waals surface area contributed by atoms with Crippen LogP contribution in [0.4, 0.5) is 11.4 Å². The Hall–Kier alpha value is -7.84. The maximum Gasteiger partial charge on any atom is 0.364 e. The molecular weight excluding hydrogens is 1260 g/mol. The van der Waals surface area contributed by atoms with Crippen LogP contribution in [0.25, 0.3) is 22.3 Å². The third kappa shape index (κ3) is 21.1. The van der Waals surface area contributed by atoms with Gasteiger partial charge in [0.05, 0.1) is 49.7 Å². The molecule has 506 valence electrons. The number of aliphatic hydroxyl groups excluding tert-OH is 6. The van der Waals surface area contributed by atoms with E-state index in [2.05, 4.69) is 31.9 Å². The zero-order chi connectivity index (χ0) is 68.0. The van der Waals surface area contributed by atoms with Gasteiger partial charge in [-0.1, -0.05) is 84.9 Å². The van der Waals surface area contributed by atoms with Crippen LogP contribution in [0.5, 0.6) is 0 Å². The molecule has 5 aromatic carbocycles. The second-order valence-corrected chi connectivity index (χ2v) is 25.0. The second-order valence-electron chi connectivity index (χ2n) is 22.5. The van der Waals surface area contributed by atoms with Crippen LogP contribution >= 0.6 is 23.5 Å². The highest BCUT2D eigenvalue weighted by Gasteiger charge is 2.57. The lowest BCUT2D eigenvalue weighted by molar-refractivity contribution is -0.310. The standard InChI is InChI=1S/C66H80N6O20S2/c1-39(73)69-55-49(75)35-65(63(85)86,91-59(55)57(81)51(77)37-67-61(83)45-19-15-43(16-20-45)41-11-5-3-6-12-41)89-29-9-31-93-33-27-53(79)71-47-23-25-48(26-24-47)72-54(80)28-34-94-32-10-30-90-66(64(87)88)36-50(76)56(70-40(2)74)60(92-66)58(82)52(78)38-68-62(84)46-21-17-44(18-22-46)42-13-7-4-8-14-42/h3-8,11-26,49-52,55-60,75-78,81-82H,9-10,27-38H2,1-2H3,(H,67,83)(H,68,84)(H,69,73)(H,70,74)(H,71,79)(H,72,80)(H,85,86)(H,87,88)/t49-,50?,51+,52+,55+,56+,57+,58+,59?,60?,65+,66+/m0/s1. The van der Waals surface area contributed by atoms with E-state index in [1.165, 1.54) is 23.5 Å². The van der Waals surface area contributed by atoms with Crippen LogP contribution in [0, 0.1) is 0 Å². The quantitative estimate of drug-likeness (QED) is 0.0263. The fourth-order valence-electron chi connectivity index (χ4n) is 10.5. The van der Waals surface area contributed by atoms with Crippen molar-refractivity contribution in [3.63, 3.8) is 0 Å². The van der Waals surface area contributed by atoms with Crippen molar-refractivity contribution >= 4 is 82.3 Å². The first kappa shape index (κ1) is 73.6. The Balaban J connectivity index is 0.773. The highest BCUT2D eigenvalue weighted by Crippen LogP contribution is 2.36. The smallest absolute Gasteiger partial charge is 0.364 e. The number of carbonyl (C=O) groups excluding carboxylic acids is 6. The van der Waals surface area contributed by atoms with Gasteiger partial charge in [-0.15, -0.1) is 0 Å². The maximum atomic E-state index is 13.0. The van der Waals surface area contributed by atoms with Crippen LogP contribution in [-0.4, -0.2) is 210 Å². The lowest BCUT2D eigenvalue weighted by Gasteiger charge is -2.46. The van der Waals surface area contributed by atoms with Crippen LogP contribution in [0.15, 0.2) is 133 Å². The number of aliphatic carboxylic acids is 2. The zero-order valence-corrected chi connectivity index (χ0v) is 53.3. The Labute approximate surface area is 550 Å². The molecule has 0 spiro atoms. The number of benzene rings is 5. The molecule has 14 N–H and O–H groups in total. The number of carboxylic acid groups (broad SMARTS) is 2. The van der Waals surface area contributed by atoms with Gasteiger partial charge in [-0.25, -0.2) is 9.59 Å². The number of carbonyl (C=O) groups is 8. The third-order valence-corrected chi connectivity index (χ3v) is 17.5. The number of nitrogens with one attached hydrogen (secondary N) is 6. The SMILES string of the molecule is CC(=O)N[C@@H]1C(O)C[C@](OCCCSCCC(=O)Nc2ccc(NC(=O)CCSCCCO[C@]3(C(=O)O)C[C@H](O)[C@@H](NC(C)=O)C([C@H](O)[C@H](O)CNC(=O)c4ccc(-c5ccccc5)cc4)O3)cc2)(C(=O)O)OC1[C@H](O)[C@H](O)CNC(=O)c1ccc(-c2ccccc2)cc1. The Kier molecular flexibility index (Phi) is 27.9. The summed E-state index contributed by atoms with van der Waals surface area (Å²) >= 11 is 2.77. The average molecular weight is 1340 g/mol. The summed E-state index contributed by atoms with van der Waals surface area (Å²) < 4.78 is 23.1. The van der Waals surface area contributed by atoms with Crippen molar-refractivity contribution in [2.24, 2.45) is 0 Å². The second kappa shape index (κ2) is 35.6. The molecule has 7 rings (SSSR count). The molecule has 2 aliphatic rings. The molecule has 0 aliphatic carbocycles. The van der Waals surface area contributed by atoms with E-state index in [4.69, 9.17) is 18.9 Å². The molecule has 0 saturated carbocycles. The van der Waals surface area contributed by atoms with E-state index in [1.54, 1.807) is 72.8 Å². The Bertz CT molecular complexity index is 3110. The fourth-order valence-corrected chi connectivity index (χ4v) is 12.2. The van der Waals surface area contributed by atoms with Gasteiger partial charge >= 0.3 is 11.9 Å². The number of aliphatic hydroxyl groups is 6. The highest BCUT2D eigenvalue weighted by atomic mass is 32.2. The number of anilines is 2. The van der Waals surface area contributed by atoms with Crippen LogP contribution in [0.2, 0.25) is 0 Å². The highest BCUT2D eigenvalue weighted by molar-refractivity contribution is 7.99. The minimum Gasteiger partial charge on any atom is -0.477 e. The van der Waals surface area contributed by atoms with Gasteiger partial charge in [0.1, 0.15) is 24.4 Å². The molecular formula is C66H80N6O20S2. The van der Waals surface area contributed by atoms with E-state index in [0.717, 1.165) is 36.1 Å². The number of amides is 6. The molecule has 6 amide bonds. The van der Waals surface area contributed by atoms with Gasteiger partial charge in [0.15, 0.2) is 0 Å². The topological polar surface area (TPSA) is 408 Å². The van der Waals surface area contributed by atoms with Crippen molar-refractivity contribution in [1.82, 2.24) is 21.3 Å². The van der Waals surface area contributed by atoms with Crippen molar-refractivity contribution in [3.05, 3.63) is 145 Å². The molecule has 94 heavy (non-hydrogen) atoms. The van der Waals surface area contributed by atoms with Crippen LogP contribution < -0.4 is 31.9 Å². The lowest BCUT2D eigenvalue weighted by atomic mass is 9.88. The van der Waals surface area contributed by atoms with Crippen molar-refractivity contribution in [2.45, 2.75) is 125 Å². The molecule has 26 nitrogen and oxygen atoms in total. The number of hydrogen-bond donors (Lipinski definition) is 14. The number of hydrogen-bond acceptors (Lipinski definition) is 20. The molecule has 2 aliphatic heterocycles. The minimum absolute atomic E-state index is 0.111. The summed E-state index contributed by atoms with van der Waals surface area (Å²) in [5, 5.41) is 103. The molecule has 2 saturated heterocycles. The lowest BCUT2D eigenvalue weighted by Crippen LogP contribution is -2.68. The van der Waals surface area contributed by atoms with E-state index in [9.17, 15) is 79.2 Å². The Morgan fingerprint density at radius 3 is 1.17 bits per heavy atom. The average Bonchev–Trinajstić information content (AvgIpc) is 0.781. The summed E-state index contributed by atoms with van der Waals surface area (Å²) in [5.74, 6) is -9.68. The van der Waals surface area contributed by atoms with Gasteiger partial charge in [-0.2, -0.15) is 23.5 Å². The van der Waals surface area contributed by atoms with Crippen LogP contribution in [-0.2, 0) is 47.7 Å². The molecule has 2 heterocycles. The van der Waals surface area contributed by atoms with Crippen molar-refractivity contribution in [3.8, 4) is 22.3 Å². The first-order valence-electron chi connectivity index (χ1n) is 30.4. The van der Waals surface area contributed by atoms with E-state index in [0.29, 0.717) is 34.4 Å². The number of thioether (sulfide) groups is 2. The first-order valence-corrected chi connectivity index (χ1v) is 32.7. The van der Waals surface area contributed by atoms with Gasteiger partial charge < -0.3 is 91.7 Å². The van der Waals surface area contributed by atoms with Gasteiger partial charge in [-0.3, -0.25) is 28.8 Å². The van der Waals surface area contributed by atoms with Crippen LogP contribution in [0.1, 0.15) is 73.1 Å². The largest absolute Gasteiger partial charge is 0.477 e. The monoisotopic (exact) mass is 1340 g/mol. The number of rotatable bonds is 34. The summed E-state index contributed by atoms with van der Waals surface area (Å²) in [7, 11) is 0. The third-order valence-electron chi connectivity index (χ3n) is 15.4. The Morgan fingerprint density at radius 2 is 0.840 bits per heavy atom. The number of ether oxygens (including phenoxy) is 4. The summed E-state index contributed by atoms with van der Waals surface area (Å²) in [6.45, 7) is 0.885. The van der Waals surface area contributed by atoms with E-state index < -0.39 is 134 Å². The molecule has 12 atom stereocenters.